The maximum atomic E-state index is 13.5. The van der Waals surface area contributed by atoms with Gasteiger partial charge in [0.1, 0.15) is 18.9 Å². The summed E-state index contributed by atoms with van der Waals surface area (Å²) in [5.74, 6) is -2.44. The molecule has 1 fully saturated rings. The largest absolute Gasteiger partial charge is 0.461 e. The fraction of sp³-hybridized carbons (Fsp3) is 0.435. The molecule has 1 heterocycles. The summed E-state index contributed by atoms with van der Waals surface area (Å²) in [7, 11) is 0. The van der Waals surface area contributed by atoms with Crippen molar-refractivity contribution in [3.63, 3.8) is 0 Å². The van der Waals surface area contributed by atoms with Crippen LogP contribution in [0.15, 0.2) is 43.0 Å². The first kappa shape index (κ1) is 24.6. The molecule has 1 unspecified atom stereocenters. The Morgan fingerprint density at radius 1 is 1.25 bits per heavy atom. The number of esters is 1. The molecule has 1 aliphatic rings. The first-order valence-corrected chi connectivity index (χ1v) is 10.1. The van der Waals surface area contributed by atoms with Crippen LogP contribution in [-0.4, -0.2) is 59.1 Å². The zero-order valence-electron chi connectivity index (χ0n) is 18.5. The van der Waals surface area contributed by atoms with Crippen LogP contribution < -0.4 is 0 Å². The van der Waals surface area contributed by atoms with Crippen molar-refractivity contribution in [2.45, 2.75) is 39.2 Å². The Labute approximate surface area is 187 Å². The molecule has 0 N–H and O–H groups in total. The molecule has 0 spiro atoms. The summed E-state index contributed by atoms with van der Waals surface area (Å²) in [5, 5.41) is 9.12. The third-order valence-corrected chi connectivity index (χ3v) is 4.73. The van der Waals surface area contributed by atoms with Gasteiger partial charge in [0.05, 0.1) is 12.6 Å². The summed E-state index contributed by atoms with van der Waals surface area (Å²) in [6.07, 6.45) is 0.149. The molecule has 9 nitrogen and oxygen atoms in total. The minimum absolute atomic E-state index is 0.162. The smallest absolute Gasteiger partial charge is 0.411 e. The van der Waals surface area contributed by atoms with E-state index >= 15 is 0 Å². The van der Waals surface area contributed by atoms with Crippen LogP contribution in [0.2, 0.25) is 0 Å². The minimum atomic E-state index is -1.93. The van der Waals surface area contributed by atoms with Crippen LogP contribution in [-0.2, 0) is 19.1 Å². The number of nitriles is 1. The van der Waals surface area contributed by atoms with Crippen LogP contribution in [0.4, 0.5) is 4.79 Å². The Morgan fingerprint density at radius 3 is 2.47 bits per heavy atom. The third-order valence-electron chi connectivity index (χ3n) is 4.73. The molecule has 0 radical (unpaired) electrons. The number of nitrogens with zero attached hydrogens (tertiary/aromatic N) is 3. The minimum Gasteiger partial charge on any atom is -0.461 e. The van der Waals surface area contributed by atoms with Crippen molar-refractivity contribution < 1.29 is 28.7 Å². The van der Waals surface area contributed by atoms with Gasteiger partial charge in [-0.1, -0.05) is 30.9 Å². The van der Waals surface area contributed by atoms with Gasteiger partial charge >= 0.3 is 12.1 Å². The summed E-state index contributed by atoms with van der Waals surface area (Å²) in [6.45, 7) is 7.57. The number of carbonyl (C=O) groups is 4. The fourth-order valence-electron chi connectivity index (χ4n) is 3.26. The van der Waals surface area contributed by atoms with E-state index in [0.29, 0.717) is 0 Å². The molecule has 1 saturated heterocycles. The summed E-state index contributed by atoms with van der Waals surface area (Å²) in [6, 6.07) is 9.94. The lowest BCUT2D eigenvalue weighted by Crippen LogP contribution is -2.65. The fourth-order valence-corrected chi connectivity index (χ4v) is 3.26. The number of ether oxygens (including phenoxy) is 2. The zero-order valence-corrected chi connectivity index (χ0v) is 18.5. The Balaban J connectivity index is 2.53. The molecule has 0 saturated carbocycles. The summed E-state index contributed by atoms with van der Waals surface area (Å²) in [4.78, 5) is 54.5. The lowest BCUT2D eigenvalue weighted by molar-refractivity contribution is -0.170. The predicted octanol–water partition coefficient (Wildman–Crippen LogP) is 2.88. The second kappa shape index (κ2) is 10.1. The van der Waals surface area contributed by atoms with Gasteiger partial charge in [-0.3, -0.25) is 24.2 Å². The molecule has 1 aromatic rings. The van der Waals surface area contributed by atoms with Gasteiger partial charge in [-0.2, -0.15) is 5.26 Å². The maximum Gasteiger partial charge on any atom is 0.411 e. The second-order valence-electron chi connectivity index (χ2n) is 8.35. The van der Waals surface area contributed by atoms with Crippen LogP contribution in [0.5, 0.6) is 0 Å². The number of carbonyl (C=O) groups excluding carboxylic acids is 4. The summed E-state index contributed by atoms with van der Waals surface area (Å²) in [5.41, 5.74) is -2.57. The van der Waals surface area contributed by atoms with Crippen molar-refractivity contribution in [1.82, 2.24) is 9.80 Å². The van der Waals surface area contributed by atoms with Gasteiger partial charge in [0.25, 0.3) is 5.91 Å². The molecule has 2 rings (SSSR count). The number of rotatable bonds is 6. The van der Waals surface area contributed by atoms with Gasteiger partial charge in [0.15, 0.2) is 5.41 Å². The normalized spacial score (nSPS) is 18.5. The van der Waals surface area contributed by atoms with E-state index in [-0.39, 0.29) is 31.6 Å². The zero-order chi connectivity index (χ0) is 23.9. The van der Waals surface area contributed by atoms with Crippen molar-refractivity contribution in [2.24, 2.45) is 5.41 Å². The van der Waals surface area contributed by atoms with Gasteiger partial charge in [-0.25, -0.2) is 4.79 Å². The molecular weight excluding hydrogens is 414 g/mol. The molecule has 1 atom stereocenters. The molecule has 3 amide bonds. The van der Waals surface area contributed by atoms with E-state index < -0.39 is 41.6 Å². The second-order valence-corrected chi connectivity index (χ2v) is 8.35. The van der Waals surface area contributed by atoms with Gasteiger partial charge in [-0.05, 0) is 39.3 Å². The highest BCUT2D eigenvalue weighted by Crippen LogP contribution is 2.35. The molecule has 9 heteroatoms. The maximum absolute atomic E-state index is 13.5. The quantitative estimate of drug-likeness (QED) is 0.288. The van der Waals surface area contributed by atoms with Crippen molar-refractivity contribution in [2.75, 3.05) is 19.8 Å². The van der Waals surface area contributed by atoms with E-state index in [9.17, 15) is 19.2 Å². The number of imide groups is 1. The van der Waals surface area contributed by atoms with Crippen LogP contribution >= 0.6 is 0 Å². The Hall–Kier alpha value is -3.67. The van der Waals surface area contributed by atoms with Gasteiger partial charge in [0.2, 0.25) is 5.91 Å². The van der Waals surface area contributed by atoms with E-state index in [1.165, 1.54) is 18.2 Å². The highest BCUT2D eigenvalue weighted by molar-refractivity contribution is 6.13. The first-order valence-electron chi connectivity index (χ1n) is 10.1. The number of hydrogen-bond acceptors (Lipinski definition) is 7. The van der Waals surface area contributed by atoms with Crippen LogP contribution in [0.3, 0.4) is 0 Å². The van der Waals surface area contributed by atoms with Crippen molar-refractivity contribution >= 4 is 23.9 Å². The molecular formula is C23H27N3O6. The van der Waals surface area contributed by atoms with Gasteiger partial charge in [0, 0.05) is 12.0 Å². The average molecular weight is 441 g/mol. The lowest BCUT2D eigenvalue weighted by atomic mass is 9.79. The van der Waals surface area contributed by atoms with E-state index in [4.69, 9.17) is 14.7 Å². The van der Waals surface area contributed by atoms with Crippen LogP contribution in [0.1, 0.15) is 44.0 Å². The summed E-state index contributed by atoms with van der Waals surface area (Å²) >= 11 is 0. The number of amides is 3. The van der Waals surface area contributed by atoms with Gasteiger partial charge < -0.3 is 9.47 Å². The Morgan fingerprint density at radius 2 is 1.91 bits per heavy atom. The predicted molar refractivity (Wildman–Crippen MR) is 114 cm³/mol. The number of hydrogen-bond donors (Lipinski definition) is 0. The summed E-state index contributed by atoms with van der Waals surface area (Å²) < 4.78 is 10.6. The molecule has 1 aliphatic heterocycles. The SMILES string of the molecule is C=CCOC(=O)C1(CCC#N)CN(C(=O)OC(C)(C)C)CN(C(=O)c2ccccc2)C1=O. The molecule has 1 aromatic carbocycles. The highest BCUT2D eigenvalue weighted by Gasteiger charge is 2.56. The molecule has 0 aromatic heterocycles. The lowest BCUT2D eigenvalue weighted by Gasteiger charge is -2.44. The number of benzene rings is 1. The van der Waals surface area contributed by atoms with Crippen molar-refractivity contribution in [1.29, 1.82) is 5.26 Å². The van der Waals surface area contributed by atoms with E-state index in [2.05, 4.69) is 6.58 Å². The van der Waals surface area contributed by atoms with E-state index in [1.807, 2.05) is 6.07 Å². The topological polar surface area (TPSA) is 117 Å². The Kier molecular flexibility index (Phi) is 7.76. The van der Waals surface area contributed by atoms with Gasteiger partial charge in [-0.15, -0.1) is 0 Å². The highest BCUT2D eigenvalue weighted by atomic mass is 16.6. The molecule has 32 heavy (non-hydrogen) atoms. The molecule has 170 valence electrons. The van der Waals surface area contributed by atoms with Crippen molar-refractivity contribution in [3.8, 4) is 6.07 Å². The Bertz CT molecular complexity index is 931. The van der Waals surface area contributed by atoms with E-state index in [0.717, 1.165) is 9.80 Å². The average Bonchev–Trinajstić information content (AvgIpc) is 2.75. The van der Waals surface area contributed by atoms with Crippen LogP contribution in [0.25, 0.3) is 0 Å². The van der Waals surface area contributed by atoms with Crippen molar-refractivity contribution in [3.05, 3.63) is 48.6 Å². The molecule has 0 aliphatic carbocycles. The van der Waals surface area contributed by atoms with Crippen LogP contribution in [0, 0.1) is 16.7 Å². The monoisotopic (exact) mass is 441 g/mol. The first-order chi connectivity index (χ1) is 15.1. The molecule has 0 bridgehead atoms. The van der Waals surface area contributed by atoms with E-state index in [1.54, 1.807) is 39.0 Å². The standard InChI is InChI=1S/C23H27N3O6/c1-5-14-31-20(29)23(12-9-13-24)15-25(21(30)32-22(2,3)4)16-26(19(23)28)18(27)17-10-7-6-8-11-17/h5-8,10-11H,1,9,12,14-16H2,2-4H3. The third kappa shape index (κ3) is 5.52.